The molecule has 1 saturated carbocycles. The fourth-order valence-corrected chi connectivity index (χ4v) is 6.81. The number of fused-ring (bicyclic) bond motifs is 3. The average Bonchev–Trinajstić information content (AvgIpc) is 3.37. The van der Waals surface area contributed by atoms with Crippen LogP contribution in [0.3, 0.4) is 0 Å². The summed E-state index contributed by atoms with van der Waals surface area (Å²) in [5.41, 5.74) is 3.11. The second-order valence-corrected chi connectivity index (χ2v) is 11.0. The lowest BCUT2D eigenvalue weighted by molar-refractivity contribution is -0.138. The highest BCUT2D eigenvalue weighted by Gasteiger charge is 2.47. The van der Waals surface area contributed by atoms with E-state index in [-0.39, 0.29) is 29.8 Å². The zero-order valence-electron chi connectivity index (χ0n) is 21.6. The van der Waals surface area contributed by atoms with Crippen LogP contribution in [-0.2, 0) is 4.79 Å². The van der Waals surface area contributed by atoms with E-state index in [2.05, 4.69) is 46.7 Å². The van der Waals surface area contributed by atoms with Crippen LogP contribution in [0.1, 0.15) is 93.1 Å². The molecule has 36 heavy (non-hydrogen) atoms. The van der Waals surface area contributed by atoms with Crippen LogP contribution in [0, 0.1) is 11.8 Å². The first-order valence-electron chi connectivity index (χ1n) is 14.2. The molecule has 0 unspecified atom stereocenters. The summed E-state index contributed by atoms with van der Waals surface area (Å²) < 4.78 is 0. The number of unbranched alkanes of at least 4 members (excludes halogenated alkanes) is 3. The number of para-hydroxylation sites is 1. The SMILES string of the molecule is CCCCCC[C@@H]1Nc2ccccc2[C@H]2[C@@H]1CCN2C(=O)[C@H]1CCCC[C@H]1NC(=O)c1ccccc1. The molecule has 2 fully saturated rings. The van der Waals surface area contributed by atoms with E-state index in [1.165, 1.54) is 36.9 Å². The van der Waals surface area contributed by atoms with Crippen LogP contribution in [0.2, 0.25) is 0 Å². The molecule has 5 rings (SSSR count). The van der Waals surface area contributed by atoms with Gasteiger partial charge in [0.25, 0.3) is 5.91 Å². The van der Waals surface area contributed by atoms with Gasteiger partial charge in [0, 0.05) is 35.8 Å². The number of carbonyl (C=O) groups excluding carboxylic acids is 2. The molecule has 0 aromatic heterocycles. The zero-order chi connectivity index (χ0) is 24.9. The van der Waals surface area contributed by atoms with E-state index in [1.807, 2.05) is 30.3 Å². The quantitative estimate of drug-likeness (QED) is 0.428. The maximum atomic E-state index is 14.2. The molecule has 5 atom stereocenters. The first kappa shape index (κ1) is 24.9. The third-order valence-corrected chi connectivity index (χ3v) is 8.67. The zero-order valence-corrected chi connectivity index (χ0v) is 21.6. The van der Waals surface area contributed by atoms with Gasteiger partial charge in [0.05, 0.1) is 12.0 Å². The minimum Gasteiger partial charge on any atom is -0.382 e. The van der Waals surface area contributed by atoms with Gasteiger partial charge in [-0.2, -0.15) is 0 Å². The number of carbonyl (C=O) groups is 2. The van der Waals surface area contributed by atoms with Crippen molar-refractivity contribution in [1.29, 1.82) is 0 Å². The number of hydrogen-bond donors (Lipinski definition) is 2. The molecule has 0 spiro atoms. The van der Waals surface area contributed by atoms with Crippen LogP contribution in [0.5, 0.6) is 0 Å². The van der Waals surface area contributed by atoms with Crippen LogP contribution in [-0.4, -0.2) is 35.3 Å². The summed E-state index contributed by atoms with van der Waals surface area (Å²) >= 11 is 0. The second-order valence-electron chi connectivity index (χ2n) is 11.0. The molecule has 192 valence electrons. The predicted molar refractivity (Wildman–Crippen MR) is 145 cm³/mol. The second kappa shape index (κ2) is 11.5. The number of amides is 2. The lowest BCUT2D eigenvalue weighted by atomic mass is 9.79. The number of rotatable bonds is 8. The Morgan fingerprint density at radius 1 is 0.944 bits per heavy atom. The summed E-state index contributed by atoms with van der Waals surface area (Å²) in [7, 11) is 0. The molecule has 2 aromatic rings. The Balaban J connectivity index is 1.34. The molecule has 3 aliphatic rings. The van der Waals surface area contributed by atoms with Crippen molar-refractivity contribution in [2.45, 2.75) is 89.3 Å². The molecule has 2 aromatic carbocycles. The van der Waals surface area contributed by atoms with E-state index in [0.29, 0.717) is 17.5 Å². The predicted octanol–water partition coefficient (Wildman–Crippen LogP) is 6.33. The highest BCUT2D eigenvalue weighted by Crippen LogP contribution is 2.48. The Morgan fingerprint density at radius 3 is 2.56 bits per heavy atom. The van der Waals surface area contributed by atoms with Crippen LogP contribution < -0.4 is 10.6 Å². The van der Waals surface area contributed by atoms with Gasteiger partial charge in [-0.25, -0.2) is 0 Å². The third-order valence-electron chi connectivity index (χ3n) is 8.67. The molecule has 2 N–H and O–H groups in total. The lowest BCUT2D eigenvalue weighted by Crippen LogP contribution is -2.50. The van der Waals surface area contributed by atoms with Crippen LogP contribution in [0.4, 0.5) is 5.69 Å². The van der Waals surface area contributed by atoms with E-state index in [0.717, 1.165) is 45.1 Å². The smallest absolute Gasteiger partial charge is 0.251 e. The van der Waals surface area contributed by atoms with Crippen molar-refractivity contribution in [2.24, 2.45) is 11.8 Å². The summed E-state index contributed by atoms with van der Waals surface area (Å²) in [6.45, 7) is 3.07. The van der Waals surface area contributed by atoms with Gasteiger partial charge >= 0.3 is 0 Å². The summed E-state index contributed by atoms with van der Waals surface area (Å²) in [5.74, 6) is 0.475. The Bertz CT molecular complexity index is 1040. The maximum Gasteiger partial charge on any atom is 0.251 e. The number of hydrogen-bond acceptors (Lipinski definition) is 3. The molecule has 5 heteroatoms. The molecule has 5 nitrogen and oxygen atoms in total. The number of benzene rings is 2. The molecule has 1 saturated heterocycles. The van der Waals surface area contributed by atoms with Gasteiger partial charge in [-0.05, 0) is 49.4 Å². The normalized spacial score (nSPS) is 27.0. The Morgan fingerprint density at radius 2 is 1.72 bits per heavy atom. The topological polar surface area (TPSA) is 61.4 Å². The average molecular weight is 488 g/mol. The van der Waals surface area contributed by atoms with Crippen molar-refractivity contribution in [1.82, 2.24) is 10.2 Å². The highest BCUT2D eigenvalue weighted by atomic mass is 16.2. The molecular weight excluding hydrogens is 446 g/mol. The first-order chi connectivity index (χ1) is 17.7. The number of nitrogens with zero attached hydrogens (tertiary/aromatic N) is 1. The van der Waals surface area contributed by atoms with Gasteiger partial charge in [-0.3, -0.25) is 9.59 Å². The van der Waals surface area contributed by atoms with E-state index >= 15 is 0 Å². The van der Waals surface area contributed by atoms with Crippen molar-refractivity contribution in [3.05, 3.63) is 65.7 Å². The summed E-state index contributed by atoms with van der Waals surface area (Å²) in [4.78, 5) is 29.3. The molecule has 0 radical (unpaired) electrons. The van der Waals surface area contributed by atoms with Gasteiger partial charge in [0.1, 0.15) is 0 Å². The van der Waals surface area contributed by atoms with Gasteiger partial charge in [0.15, 0.2) is 0 Å². The van der Waals surface area contributed by atoms with Crippen molar-refractivity contribution >= 4 is 17.5 Å². The number of nitrogens with one attached hydrogen (secondary N) is 2. The Kier molecular flexibility index (Phi) is 7.93. The Hall–Kier alpha value is -2.82. The first-order valence-corrected chi connectivity index (χ1v) is 14.2. The van der Waals surface area contributed by atoms with E-state index in [4.69, 9.17) is 0 Å². The fraction of sp³-hybridized carbons (Fsp3) is 0.548. The minimum atomic E-state index is -0.143. The minimum absolute atomic E-state index is 0.0704. The third kappa shape index (κ3) is 5.16. The summed E-state index contributed by atoms with van der Waals surface area (Å²) in [6, 6.07) is 18.4. The number of likely N-dealkylation sites (tertiary alicyclic amines) is 1. The molecule has 0 bridgehead atoms. The molecule has 2 heterocycles. The maximum absolute atomic E-state index is 14.2. The Labute approximate surface area is 216 Å². The van der Waals surface area contributed by atoms with Crippen LogP contribution >= 0.6 is 0 Å². The molecule has 1 aliphatic carbocycles. The van der Waals surface area contributed by atoms with Crippen LogP contribution in [0.15, 0.2) is 54.6 Å². The van der Waals surface area contributed by atoms with E-state index < -0.39 is 0 Å². The monoisotopic (exact) mass is 487 g/mol. The van der Waals surface area contributed by atoms with Crippen molar-refractivity contribution in [3.63, 3.8) is 0 Å². The van der Waals surface area contributed by atoms with E-state index in [1.54, 1.807) is 0 Å². The standard InChI is InChI=1S/C31H41N3O2/c1-2-3-4-8-17-27-24-20-21-34(29(24)23-15-9-11-18-26(23)32-27)31(36)25-16-10-12-19-28(25)33-30(35)22-13-6-5-7-14-22/h5-7,9,11,13-15,18,24-25,27-29,32H,2-4,8,10,12,16-17,19-21H2,1H3,(H,33,35)/t24-,25+,27+,28-,29+/m1/s1. The fourth-order valence-electron chi connectivity index (χ4n) is 6.81. The largest absolute Gasteiger partial charge is 0.382 e. The molecule has 2 aliphatic heterocycles. The lowest BCUT2D eigenvalue weighted by Gasteiger charge is -2.42. The van der Waals surface area contributed by atoms with E-state index in [9.17, 15) is 9.59 Å². The highest BCUT2D eigenvalue weighted by molar-refractivity contribution is 5.94. The van der Waals surface area contributed by atoms with Gasteiger partial charge in [-0.1, -0.05) is 81.8 Å². The summed E-state index contributed by atoms with van der Waals surface area (Å²) in [5, 5.41) is 7.07. The van der Waals surface area contributed by atoms with Crippen LogP contribution in [0.25, 0.3) is 0 Å². The van der Waals surface area contributed by atoms with Crippen molar-refractivity contribution in [3.8, 4) is 0 Å². The van der Waals surface area contributed by atoms with Gasteiger partial charge < -0.3 is 15.5 Å². The van der Waals surface area contributed by atoms with Crippen molar-refractivity contribution in [2.75, 3.05) is 11.9 Å². The van der Waals surface area contributed by atoms with Crippen molar-refractivity contribution < 1.29 is 9.59 Å². The van der Waals surface area contributed by atoms with Gasteiger partial charge in [-0.15, -0.1) is 0 Å². The van der Waals surface area contributed by atoms with Gasteiger partial charge in [0.2, 0.25) is 5.91 Å². The molecular formula is C31H41N3O2. The summed E-state index contributed by atoms with van der Waals surface area (Å²) in [6.07, 6.45) is 11.1. The molecule has 2 amide bonds. The number of anilines is 1.